The molecule has 1 aliphatic heterocycles. The van der Waals surface area contributed by atoms with Gasteiger partial charge in [-0.25, -0.2) is 0 Å². The predicted octanol–water partition coefficient (Wildman–Crippen LogP) is 2.60. The number of nitrogens with one attached hydrogen (secondary N) is 1. The topological polar surface area (TPSA) is 87.1 Å². The van der Waals surface area contributed by atoms with Crippen molar-refractivity contribution in [3.63, 3.8) is 0 Å². The molecule has 1 aromatic rings. The minimum absolute atomic E-state index is 0.330. The summed E-state index contributed by atoms with van der Waals surface area (Å²) in [5.41, 5.74) is 9.44. The Morgan fingerprint density at radius 3 is 2.84 bits per heavy atom. The molecule has 0 aromatic heterocycles. The number of nitrogens with zero attached hydrogens (tertiary/aromatic N) is 3. The maximum Gasteiger partial charge on any atom is 0.316 e. The second-order valence-corrected chi connectivity index (χ2v) is 4.59. The second-order valence-electron chi connectivity index (χ2n) is 4.15. The Kier molecular flexibility index (Phi) is 4.63. The van der Waals surface area contributed by atoms with Crippen LogP contribution in [0.4, 0.5) is 0 Å². The van der Waals surface area contributed by atoms with E-state index in [1.165, 1.54) is 0 Å². The summed E-state index contributed by atoms with van der Waals surface area (Å²) < 4.78 is 5.05. The predicted molar refractivity (Wildman–Crippen MR) is 70.7 cm³/mol. The van der Waals surface area contributed by atoms with Gasteiger partial charge < -0.3 is 10.1 Å². The van der Waals surface area contributed by atoms with Gasteiger partial charge in [0.05, 0.1) is 12.6 Å². The van der Waals surface area contributed by atoms with Crippen LogP contribution in [0.2, 0.25) is 5.02 Å². The summed E-state index contributed by atoms with van der Waals surface area (Å²) in [6, 6.07) is 5.75. The van der Waals surface area contributed by atoms with E-state index in [0.717, 1.165) is 12.0 Å². The Balaban J connectivity index is 2.32. The third kappa shape index (κ3) is 3.38. The van der Waals surface area contributed by atoms with Gasteiger partial charge in [0.15, 0.2) is 6.04 Å². The fraction of sp³-hybridized carbons (Fsp3) is 0.417. The monoisotopic (exact) mass is 280 g/mol. The fourth-order valence-electron chi connectivity index (χ4n) is 1.98. The zero-order valence-corrected chi connectivity index (χ0v) is 10.9. The molecule has 2 atom stereocenters. The van der Waals surface area contributed by atoms with Crippen molar-refractivity contribution in [1.29, 1.82) is 0 Å². The first-order valence-electron chi connectivity index (χ1n) is 5.92. The van der Waals surface area contributed by atoms with Crippen LogP contribution in [0.25, 0.3) is 10.4 Å². The molecule has 1 aliphatic rings. The van der Waals surface area contributed by atoms with E-state index in [0.29, 0.717) is 18.2 Å². The third-order valence-corrected chi connectivity index (χ3v) is 3.14. The molecule has 0 amide bonds. The van der Waals surface area contributed by atoms with Crippen LogP contribution >= 0.6 is 11.6 Å². The van der Waals surface area contributed by atoms with Crippen molar-refractivity contribution in [2.45, 2.75) is 18.5 Å². The second kappa shape index (κ2) is 6.43. The van der Waals surface area contributed by atoms with Crippen LogP contribution in [0.3, 0.4) is 0 Å². The molecule has 1 aromatic carbocycles. The molecular formula is C12H13ClN4O2. The number of carbonyl (C=O) groups excluding carboxylic acids is 1. The molecule has 0 bridgehead atoms. The Morgan fingerprint density at radius 2 is 2.16 bits per heavy atom. The van der Waals surface area contributed by atoms with Gasteiger partial charge in [0.1, 0.15) is 0 Å². The van der Waals surface area contributed by atoms with Gasteiger partial charge in [-0.3, -0.25) is 4.79 Å². The van der Waals surface area contributed by atoms with Crippen molar-refractivity contribution in [2.24, 2.45) is 5.11 Å². The van der Waals surface area contributed by atoms with Crippen LogP contribution in [0.15, 0.2) is 29.4 Å². The van der Waals surface area contributed by atoms with E-state index in [9.17, 15) is 4.79 Å². The molecule has 0 radical (unpaired) electrons. The van der Waals surface area contributed by atoms with Crippen LogP contribution in [0.5, 0.6) is 0 Å². The van der Waals surface area contributed by atoms with E-state index < -0.39 is 18.1 Å². The number of ether oxygens (including phenoxy) is 1. The smallest absolute Gasteiger partial charge is 0.316 e. The first-order chi connectivity index (χ1) is 9.22. The molecule has 2 rings (SSSR count). The Bertz CT molecular complexity index is 499. The summed E-state index contributed by atoms with van der Waals surface area (Å²) in [7, 11) is 0. The third-order valence-electron chi connectivity index (χ3n) is 2.89. The Labute approximate surface area is 115 Å². The van der Waals surface area contributed by atoms with Crippen molar-refractivity contribution < 1.29 is 9.53 Å². The Morgan fingerprint density at radius 1 is 1.42 bits per heavy atom. The molecule has 0 saturated carbocycles. The van der Waals surface area contributed by atoms with E-state index in [4.69, 9.17) is 21.9 Å². The van der Waals surface area contributed by atoms with Crippen LogP contribution in [0, 0.1) is 0 Å². The average Bonchev–Trinajstić information content (AvgIpc) is 2.40. The lowest BCUT2D eigenvalue weighted by atomic mass is 9.99. The molecule has 100 valence electrons. The fourth-order valence-corrected chi connectivity index (χ4v) is 2.10. The zero-order chi connectivity index (χ0) is 13.7. The summed E-state index contributed by atoms with van der Waals surface area (Å²) >= 11 is 5.84. The van der Waals surface area contributed by atoms with E-state index in [1.54, 1.807) is 24.3 Å². The van der Waals surface area contributed by atoms with E-state index in [1.807, 2.05) is 0 Å². The molecule has 6 nitrogen and oxygen atoms in total. The summed E-state index contributed by atoms with van der Waals surface area (Å²) in [4.78, 5) is 14.6. The van der Waals surface area contributed by atoms with Crippen molar-refractivity contribution >= 4 is 17.6 Å². The van der Waals surface area contributed by atoms with Crippen LogP contribution in [-0.2, 0) is 9.53 Å². The van der Waals surface area contributed by atoms with Gasteiger partial charge in [-0.1, -0.05) is 28.8 Å². The van der Waals surface area contributed by atoms with Gasteiger partial charge >= 0.3 is 5.97 Å². The standard InChI is InChI=1S/C12H13ClN4O2/c13-9-4-2-8(3-5-9)10-11(16-17-14)12(18)19-7-1-6-15-10/h2-5,10-11,15H,1,6-7H2/t10-,11+/m0/s1. The highest BCUT2D eigenvalue weighted by molar-refractivity contribution is 6.30. The highest BCUT2D eigenvalue weighted by atomic mass is 35.5. The molecule has 7 heteroatoms. The molecule has 1 fully saturated rings. The minimum Gasteiger partial charge on any atom is -0.465 e. The van der Waals surface area contributed by atoms with Crippen molar-refractivity contribution in [3.8, 4) is 0 Å². The summed E-state index contributed by atoms with van der Waals surface area (Å²) in [5, 5.41) is 7.38. The number of esters is 1. The molecular weight excluding hydrogens is 268 g/mol. The van der Waals surface area contributed by atoms with E-state index in [-0.39, 0.29) is 0 Å². The average molecular weight is 281 g/mol. The molecule has 19 heavy (non-hydrogen) atoms. The van der Waals surface area contributed by atoms with Gasteiger partial charge in [-0.15, -0.1) is 0 Å². The lowest BCUT2D eigenvalue weighted by molar-refractivity contribution is -0.146. The van der Waals surface area contributed by atoms with Gasteiger partial charge in [-0.05, 0) is 36.2 Å². The summed E-state index contributed by atoms with van der Waals surface area (Å²) in [6.45, 7) is 1.01. The summed E-state index contributed by atoms with van der Waals surface area (Å²) in [5.74, 6) is -0.509. The maximum atomic E-state index is 11.9. The number of benzene rings is 1. The lowest BCUT2D eigenvalue weighted by Gasteiger charge is -2.26. The number of rotatable bonds is 2. The van der Waals surface area contributed by atoms with Crippen LogP contribution < -0.4 is 5.32 Å². The minimum atomic E-state index is -0.911. The van der Waals surface area contributed by atoms with Gasteiger partial charge in [0.2, 0.25) is 0 Å². The molecule has 0 aliphatic carbocycles. The van der Waals surface area contributed by atoms with Crippen molar-refractivity contribution in [3.05, 3.63) is 45.3 Å². The lowest BCUT2D eigenvalue weighted by Crippen LogP contribution is -2.40. The maximum absolute atomic E-state index is 11.9. The van der Waals surface area contributed by atoms with Crippen molar-refractivity contribution in [2.75, 3.05) is 13.2 Å². The molecule has 1 saturated heterocycles. The van der Waals surface area contributed by atoms with Gasteiger partial charge in [0.25, 0.3) is 0 Å². The number of halogens is 1. The van der Waals surface area contributed by atoms with E-state index >= 15 is 0 Å². The first kappa shape index (κ1) is 13.7. The normalized spacial score (nSPS) is 23.7. The SMILES string of the molecule is [N-]=[N+]=N[C@H]1C(=O)OCCCN[C@H]1c1ccc(Cl)cc1. The number of hydrogen-bond acceptors (Lipinski definition) is 4. The molecule has 0 unspecified atom stereocenters. The highest BCUT2D eigenvalue weighted by Crippen LogP contribution is 2.23. The van der Waals surface area contributed by atoms with Crippen LogP contribution in [0.1, 0.15) is 18.0 Å². The van der Waals surface area contributed by atoms with Gasteiger partial charge in [-0.2, -0.15) is 0 Å². The first-order valence-corrected chi connectivity index (χ1v) is 6.30. The van der Waals surface area contributed by atoms with E-state index in [2.05, 4.69) is 15.3 Å². The molecule has 1 N–H and O–H groups in total. The van der Waals surface area contributed by atoms with Gasteiger partial charge in [0, 0.05) is 9.93 Å². The number of hydrogen-bond donors (Lipinski definition) is 1. The summed E-state index contributed by atoms with van der Waals surface area (Å²) in [6.07, 6.45) is 0.721. The Hall–Kier alpha value is -1.75. The number of carbonyl (C=O) groups is 1. The molecule has 1 heterocycles. The molecule has 0 spiro atoms. The highest BCUT2D eigenvalue weighted by Gasteiger charge is 2.31. The zero-order valence-electron chi connectivity index (χ0n) is 10.1. The number of azide groups is 1. The quantitative estimate of drug-likeness (QED) is 0.391. The van der Waals surface area contributed by atoms with Crippen LogP contribution in [-0.4, -0.2) is 25.2 Å². The number of cyclic esters (lactones) is 1. The largest absolute Gasteiger partial charge is 0.465 e. The van der Waals surface area contributed by atoms with Crippen molar-refractivity contribution in [1.82, 2.24) is 5.32 Å².